The Morgan fingerprint density at radius 3 is 2.74 bits per heavy atom. The molecule has 1 aromatic rings. The molecule has 3 N–H and O–H groups in total. The summed E-state index contributed by atoms with van der Waals surface area (Å²) in [6.07, 6.45) is 2.45. The Labute approximate surface area is 122 Å². The summed E-state index contributed by atoms with van der Waals surface area (Å²) in [6.45, 7) is 3.26. The Bertz CT molecular complexity index is 458. The first-order valence-electron chi connectivity index (χ1n) is 6.59. The minimum absolute atomic E-state index is 0.395. The number of halogens is 1. The topological polar surface area (TPSA) is 58.4 Å². The summed E-state index contributed by atoms with van der Waals surface area (Å²) >= 11 is 3.52. The average Bonchev–Trinajstić information content (AvgIpc) is 2.39. The molecule has 0 saturated carbocycles. The van der Waals surface area contributed by atoms with Gasteiger partial charge in [0.15, 0.2) is 0 Å². The second-order valence-corrected chi connectivity index (χ2v) is 5.96. The average molecular weight is 326 g/mol. The fourth-order valence-electron chi connectivity index (χ4n) is 2.52. The van der Waals surface area contributed by atoms with Gasteiger partial charge in [0.25, 0.3) is 0 Å². The molecule has 19 heavy (non-hydrogen) atoms. The van der Waals surface area contributed by atoms with Crippen LogP contribution >= 0.6 is 15.9 Å². The van der Waals surface area contributed by atoms with Gasteiger partial charge < -0.3 is 16.0 Å². The van der Waals surface area contributed by atoms with E-state index in [0.29, 0.717) is 5.56 Å². The molecule has 1 aromatic carbocycles. The van der Waals surface area contributed by atoms with Crippen molar-refractivity contribution in [1.29, 1.82) is 0 Å². The van der Waals surface area contributed by atoms with Crippen LogP contribution in [0.25, 0.3) is 0 Å². The quantitative estimate of drug-likeness (QED) is 0.890. The highest BCUT2D eigenvalue weighted by molar-refractivity contribution is 9.10. The summed E-state index contributed by atoms with van der Waals surface area (Å²) in [5.41, 5.74) is 6.91. The lowest BCUT2D eigenvalue weighted by Crippen LogP contribution is -2.34. The predicted octanol–water partition coefficient (Wildman–Crippen LogP) is 1.98. The summed E-state index contributed by atoms with van der Waals surface area (Å²) in [5.74, 6) is 0.335. The monoisotopic (exact) mass is 325 g/mol. The fourth-order valence-corrected chi connectivity index (χ4v) is 3.20. The van der Waals surface area contributed by atoms with Gasteiger partial charge in [-0.1, -0.05) is 0 Å². The van der Waals surface area contributed by atoms with Gasteiger partial charge in [0.05, 0.1) is 5.69 Å². The van der Waals surface area contributed by atoms with E-state index in [0.717, 1.165) is 35.7 Å². The molecule has 104 valence electrons. The lowest BCUT2D eigenvalue weighted by Gasteiger charge is -2.29. The van der Waals surface area contributed by atoms with Crippen LogP contribution in [0.3, 0.4) is 0 Å². The molecule has 0 spiro atoms. The van der Waals surface area contributed by atoms with E-state index in [1.54, 1.807) is 12.1 Å². The van der Waals surface area contributed by atoms with E-state index in [1.807, 2.05) is 6.07 Å². The molecule has 1 aliphatic rings. The van der Waals surface area contributed by atoms with E-state index < -0.39 is 5.91 Å². The van der Waals surface area contributed by atoms with Gasteiger partial charge in [-0.15, -0.1) is 0 Å². The first-order chi connectivity index (χ1) is 9.08. The van der Waals surface area contributed by atoms with E-state index >= 15 is 0 Å². The maximum absolute atomic E-state index is 11.1. The number of nitrogens with zero attached hydrogens (tertiary/aromatic N) is 1. The Morgan fingerprint density at radius 1 is 1.47 bits per heavy atom. The summed E-state index contributed by atoms with van der Waals surface area (Å²) in [4.78, 5) is 13.4. The lowest BCUT2D eigenvalue weighted by atomic mass is 9.97. The number of primary amides is 1. The Morgan fingerprint density at radius 2 is 2.16 bits per heavy atom. The van der Waals surface area contributed by atoms with Crippen molar-refractivity contribution in [3.05, 3.63) is 28.2 Å². The zero-order chi connectivity index (χ0) is 13.8. The van der Waals surface area contributed by atoms with Crippen molar-refractivity contribution in [2.75, 3.05) is 31.6 Å². The number of rotatable bonds is 4. The zero-order valence-electron chi connectivity index (χ0n) is 11.2. The van der Waals surface area contributed by atoms with Crippen molar-refractivity contribution in [3.8, 4) is 0 Å². The minimum Gasteiger partial charge on any atom is -0.373 e. The standard InChI is InChI=1S/C14H20BrN3O/c1-18(9-10-4-6-17-7-5-10)13-3-2-11(14(16)19)8-12(13)15/h2-3,8,10,17H,4-7,9H2,1H3,(H2,16,19). The molecule has 0 aliphatic carbocycles. The van der Waals surface area contributed by atoms with Crippen LogP contribution in [-0.2, 0) is 0 Å². The molecule has 0 atom stereocenters. The maximum atomic E-state index is 11.1. The van der Waals surface area contributed by atoms with Crippen LogP contribution in [0.15, 0.2) is 22.7 Å². The van der Waals surface area contributed by atoms with E-state index in [2.05, 4.69) is 33.2 Å². The molecule has 0 unspecified atom stereocenters. The fraction of sp³-hybridized carbons (Fsp3) is 0.500. The van der Waals surface area contributed by atoms with Gasteiger partial charge in [0, 0.05) is 23.6 Å². The van der Waals surface area contributed by atoms with Crippen LogP contribution in [0.2, 0.25) is 0 Å². The second kappa shape index (κ2) is 6.39. The molecule has 2 rings (SSSR count). The highest BCUT2D eigenvalue weighted by Crippen LogP contribution is 2.28. The molecule has 1 aliphatic heterocycles. The maximum Gasteiger partial charge on any atom is 0.248 e. The van der Waals surface area contributed by atoms with Gasteiger partial charge >= 0.3 is 0 Å². The number of amides is 1. The molecule has 1 saturated heterocycles. The van der Waals surface area contributed by atoms with Crippen LogP contribution in [0, 0.1) is 5.92 Å². The Balaban J connectivity index is 2.05. The molecule has 0 bridgehead atoms. The summed E-state index contributed by atoms with van der Waals surface area (Å²) < 4.78 is 0.917. The number of nitrogens with one attached hydrogen (secondary N) is 1. The minimum atomic E-state index is -0.395. The van der Waals surface area contributed by atoms with Crippen molar-refractivity contribution in [1.82, 2.24) is 5.32 Å². The lowest BCUT2D eigenvalue weighted by molar-refractivity contribution is 0.100. The van der Waals surface area contributed by atoms with Gasteiger partial charge in [-0.05, 0) is 66.0 Å². The van der Waals surface area contributed by atoms with Crippen LogP contribution in [0.1, 0.15) is 23.2 Å². The highest BCUT2D eigenvalue weighted by atomic mass is 79.9. The van der Waals surface area contributed by atoms with Crippen LogP contribution in [-0.4, -0.2) is 32.6 Å². The van der Waals surface area contributed by atoms with E-state index in [9.17, 15) is 4.79 Å². The van der Waals surface area contributed by atoms with Crippen molar-refractivity contribution >= 4 is 27.5 Å². The van der Waals surface area contributed by atoms with Gasteiger partial charge in [-0.3, -0.25) is 4.79 Å². The third kappa shape index (κ3) is 3.70. The van der Waals surface area contributed by atoms with E-state index in [-0.39, 0.29) is 0 Å². The van der Waals surface area contributed by atoms with Crippen LogP contribution < -0.4 is 16.0 Å². The van der Waals surface area contributed by atoms with Crippen molar-refractivity contribution in [3.63, 3.8) is 0 Å². The molecule has 0 aromatic heterocycles. The molecule has 0 radical (unpaired) electrons. The third-order valence-corrected chi connectivity index (χ3v) is 4.27. The zero-order valence-corrected chi connectivity index (χ0v) is 12.7. The van der Waals surface area contributed by atoms with Crippen molar-refractivity contribution < 1.29 is 4.79 Å². The molecular weight excluding hydrogens is 306 g/mol. The highest BCUT2D eigenvalue weighted by Gasteiger charge is 2.16. The van der Waals surface area contributed by atoms with Crippen molar-refractivity contribution in [2.45, 2.75) is 12.8 Å². The Hall–Kier alpha value is -1.07. The molecule has 1 amide bonds. The largest absolute Gasteiger partial charge is 0.373 e. The third-order valence-electron chi connectivity index (χ3n) is 3.63. The number of benzene rings is 1. The second-order valence-electron chi connectivity index (χ2n) is 5.10. The predicted molar refractivity (Wildman–Crippen MR) is 81.5 cm³/mol. The number of carbonyl (C=O) groups is 1. The summed E-state index contributed by atoms with van der Waals surface area (Å²) in [7, 11) is 2.09. The van der Waals surface area contributed by atoms with Gasteiger partial charge in [0.1, 0.15) is 0 Å². The SMILES string of the molecule is CN(CC1CCNCC1)c1ccc(C(N)=O)cc1Br. The first-order valence-corrected chi connectivity index (χ1v) is 7.38. The number of nitrogens with two attached hydrogens (primary N) is 1. The number of hydrogen-bond donors (Lipinski definition) is 2. The number of anilines is 1. The van der Waals surface area contributed by atoms with E-state index in [4.69, 9.17) is 5.73 Å². The van der Waals surface area contributed by atoms with E-state index in [1.165, 1.54) is 12.8 Å². The summed E-state index contributed by atoms with van der Waals surface area (Å²) in [6, 6.07) is 5.52. The number of carbonyl (C=O) groups excluding carboxylic acids is 1. The van der Waals surface area contributed by atoms with Gasteiger partial charge in [0.2, 0.25) is 5.91 Å². The molecule has 4 nitrogen and oxygen atoms in total. The molecule has 5 heteroatoms. The van der Waals surface area contributed by atoms with Crippen molar-refractivity contribution in [2.24, 2.45) is 11.7 Å². The molecule has 1 heterocycles. The first kappa shape index (κ1) is 14.3. The normalized spacial score (nSPS) is 16.3. The molecule has 1 fully saturated rings. The summed E-state index contributed by atoms with van der Waals surface area (Å²) in [5, 5.41) is 3.38. The smallest absolute Gasteiger partial charge is 0.248 e. The van der Waals surface area contributed by atoms with Crippen LogP contribution in [0.5, 0.6) is 0 Å². The van der Waals surface area contributed by atoms with Gasteiger partial charge in [-0.25, -0.2) is 0 Å². The molecular formula is C14H20BrN3O. The Kier molecular flexibility index (Phi) is 4.82. The number of hydrogen-bond acceptors (Lipinski definition) is 3. The number of piperidine rings is 1. The van der Waals surface area contributed by atoms with Gasteiger partial charge in [-0.2, -0.15) is 0 Å². The van der Waals surface area contributed by atoms with Crippen LogP contribution in [0.4, 0.5) is 5.69 Å².